The standard InChI is InChI=1S/C14H23N3O2S/c1-14(2,3)19-13(18)17-6-4-11(5-7-17)16-9-12-8-15-10-20-12/h8,10-11,16H,4-7,9H2,1-3H3. The number of aromatic nitrogens is 1. The number of carbonyl (C=O) groups excluding carboxylic acids is 1. The highest BCUT2D eigenvalue weighted by Crippen LogP contribution is 2.16. The summed E-state index contributed by atoms with van der Waals surface area (Å²) in [6.45, 7) is 8.07. The lowest BCUT2D eigenvalue weighted by Crippen LogP contribution is -2.46. The second-order valence-corrected chi connectivity index (χ2v) is 7.06. The van der Waals surface area contributed by atoms with Gasteiger partial charge in [-0.15, -0.1) is 11.3 Å². The molecule has 0 radical (unpaired) electrons. The van der Waals surface area contributed by atoms with E-state index in [2.05, 4.69) is 10.3 Å². The van der Waals surface area contributed by atoms with Gasteiger partial charge in [-0.1, -0.05) is 0 Å². The SMILES string of the molecule is CC(C)(C)OC(=O)N1CCC(NCc2cncs2)CC1. The van der Waals surface area contributed by atoms with Crippen LogP contribution in [0.4, 0.5) is 4.79 Å². The van der Waals surface area contributed by atoms with Crippen LogP contribution in [-0.4, -0.2) is 40.7 Å². The van der Waals surface area contributed by atoms with Gasteiger partial charge in [0, 0.05) is 36.8 Å². The van der Waals surface area contributed by atoms with Crippen LogP contribution in [0.15, 0.2) is 11.7 Å². The zero-order valence-corrected chi connectivity index (χ0v) is 13.2. The molecule has 0 aromatic carbocycles. The van der Waals surface area contributed by atoms with Crippen molar-refractivity contribution in [3.63, 3.8) is 0 Å². The minimum atomic E-state index is -0.418. The maximum Gasteiger partial charge on any atom is 0.410 e. The summed E-state index contributed by atoms with van der Waals surface area (Å²) in [7, 11) is 0. The van der Waals surface area contributed by atoms with Crippen LogP contribution in [-0.2, 0) is 11.3 Å². The molecule has 2 rings (SSSR count). The largest absolute Gasteiger partial charge is 0.444 e. The number of likely N-dealkylation sites (tertiary alicyclic amines) is 1. The number of nitrogens with zero attached hydrogens (tertiary/aromatic N) is 2. The maximum atomic E-state index is 11.9. The van der Waals surface area contributed by atoms with Crippen LogP contribution in [0, 0.1) is 0 Å². The molecule has 1 aromatic rings. The highest BCUT2D eigenvalue weighted by molar-refractivity contribution is 7.09. The number of nitrogens with one attached hydrogen (secondary N) is 1. The van der Waals surface area contributed by atoms with Crippen molar-refractivity contribution in [2.45, 2.75) is 51.8 Å². The van der Waals surface area contributed by atoms with Crippen molar-refractivity contribution in [3.05, 3.63) is 16.6 Å². The maximum absolute atomic E-state index is 11.9. The molecular formula is C14H23N3O2S. The van der Waals surface area contributed by atoms with Crippen molar-refractivity contribution in [1.29, 1.82) is 0 Å². The first kappa shape index (κ1) is 15.3. The topological polar surface area (TPSA) is 54.5 Å². The Balaban J connectivity index is 1.71. The third-order valence-electron chi connectivity index (χ3n) is 3.20. The van der Waals surface area contributed by atoms with Gasteiger partial charge in [0.15, 0.2) is 0 Å². The van der Waals surface area contributed by atoms with Gasteiger partial charge in [-0.05, 0) is 33.6 Å². The minimum Gasteiger partial charge on any atom is -0.444 e. The summed E-state index contributed by atoms with van der Waals surface area (Å²) >= 11 is 1.67. The zero-order valence-electron chi connectivity index (χ0n) is 12.4. The third kappa shape index (κ3) is 4.76. The normalized spacial score (nSPS) is 17.2. The van der Waals surface area contributed by atoms with Crippen molar-refractivity contribution < 1.29 is 9.53 Å². The van der Waals surface area contributed by atoms with Crippen molar-refractivity contribution in [3.8, 4) is 0 Å². The Morgan fingerprint density at radius 1 is 1.50 bits per heavy atom. The lowest BCUT2D eigenvalue weighted by Gasteiger charge is -2.33. The third-order valence-corrected chi connectivity index (χ3v) is 3.97. The number of carbonyl (C=O) groups is 1. The highest BCUT2D eigenvalue weighted by Gasteiger charge is 2.26. The molecule has 0 aliphatic carbocycles. The molecular weight excluding hydrogens is 274 g/mol. The summed E-state index contributed by atoms with van der Waals surface area (Å²) in [6, 6.07) is 0.468. The van der Waals surface area contributed by atoms with E-state index < -0.39 is 5.60 Å². The van der Waals surface area contributed by atoms with Crippen LogP contribution >= 0.6 is 11.3 Å². The molecule has 1 fully saturated rings. The Labute approximate surface area is 124 Å². The van der Waals surface area contributed by atoms with Gasteiger partial charge in [-0.2, -0.15) is 0 Å². The number of ether oxygens (including phenoxy) is 1. The van der Waals surface area contributed by atoms with Crippen LogP contribution in [0.2, 0.25) is 0 Å². The molecule has 20 heavy (non-hydrogen) atoms. The average Bonchev–Trinajstić information content (AvgIpc) is 2.88. The van der Waals surface area contributed by atoms with Crippen LogP contribution < -0.4 is 5.32 Å². The Morgan fingerprint density at radius 3 is 2.75 bits per heavy atom. The molecule has 1 aliphatic heterocycles. The molecule has 5 nitrogen and oxygen atoms in total. The second kappa shape index (κ2) is 6.54. The molecule has 0 unspecified atom stereocenters. The quantitative estimate of drug-likeness (QED) is 0.932. The van der Waals surface area contributed by atoms with E-state index in [0.29, 0.717) is 6.04 Å². The zero-order chi connectivity index (χ0) is 14.6. The fourth-order valence-electron chi connectivity index (χ4n) is 2.17. The fraction of sp³-hybridized carbons (Fsp3) is 0.714. The van der Waals surface area contributed by atoms with Gasteiger partial charge in [0.1, 0.15) is 5.60 Å². The van der Waals surface area contributed by atoms with E-state index in [9.17, 15) is 4.79 Å². The summed E-state index contributed by atoms with van der Waals surface area (Å²) in [5.74, 6) is 0. The molecule has 112 valence electrons. The van der Waals surface area contributed by atoms with Gasteiger partial charge in [-0.3, -0.25) is 4.98 Å². The predicted molar refractivity (Wildman–Crippen MR) is 79.8 cm³/mol. The van der Waals surface area contributed by atoms with Crippen LogP contribution in [0.1, 0.15) is 38.5 Å². The second-order valence-electron chi connectivity index (χ2n) is 6.09. The first-order chi connectivity index (χ1) is 9.44. The van der Waals surface area contributed by atoms with E-state index >= 15 is 0 Å². The van der Waals surface area contributed by atoms with Gasteiger partial charge >= 0.3 is 6.09 Å². The molecule has 0 bridgehead atoms. The monoisotopic (exact) mass is 297 g/mol. The van der Waals surface area contributed by atoms with Crippen LogP contribution in [0.5, 0.6) is 0 Å². The van der Waals surface area contributed by atoms with Gasteiger partial charge in [0.25, 0.3) is 0 Å². The van der Waals surface area contributed by atoms with Crippen molar-refractivity contribution in [2.24, 2.45) is 0 Å². The number of rotatable bonds is 3. The summed E-state index contributed by atoms with van der Waals surface area (Å²) in [5.41, 5.74) is 1.43. The van der Waals surface area contributed by atoms with E-state index in [1.165, 1.54) is 4.88 Å². The summed E-state index contributed by atoms with van der Waals surface area (Å²) < 4.78 is 5.39. The predicted octanol–water partition coefficient (Wildman–Crippen LogP) is 2.63. The fourth-order valence-corrected chi connectivity index (χ4v) is 2.71. The van der Waals surface area contributed by atoms with Gasteiger partial charge in [0.2, 0.25) is 0 Å². The first-order valence-corrected chi connectivity index (χ1v) is 7.91. The Kier molecular flexibility index (Phi) is 4.99. The Bertz CT molecular complexity index is 420. The molecule has 0 atom stereocenters. The van der Waals surface area contributed by atoms with E-state index in [4.69, 9.17) is 4.74 Å². The van der Waals surface area contributed by atoms with Crippen LogP contribution in [0.25, 0.3) is 0 Å². The average molecular weight is 297 g/mol. The van der Waals surface area contributed by atoms with E-state index in [-0.39, 0.29) is 6.09 Å². The van der Waals surface area contributed by atoms with Gasteiger partial charge in [-0.25, -0.2) is 4.79 Å². The lowest BCUT2D eigenvalue weighted by molar-refractivity contribution is 0.0198. The lowest BCUT2D eigenvalue weighted by atomic mass is 10.1. The first-order valence-electron chi connectivity index (χ1n) is 7.03. The molecule has 1 saturated heterocycles. The molecule has 6 heteroatoms. The number of hydrogen-bond donors (Lipinski definition) is 1. The smallest absolute Gasteiger partial charge is 0.410 e. The Hall–Kier alpha value is -1.14. The van der Waals surface area contributed by atoms with Crippen LogP contribution in [0.3, 0.4) is 0 Å². The Morgan fingerprint density at radius 2 is 2.20 bits per heavy atom. The number of hydrogen-bond acceptors (Lipinski definition) is 5. The van der Waals surface area contributed by atoms with E-state index in [0.717, 1.165) is 32.5 Å². The number of thiazole rings is 1. The highest BCUT2D eigenvalue weighted by atomic mass is 32.1. The molecule has 2 heterocycles. The minimum absolute atomic E-state index is 0.196. The van der Waals surface area contributed by atoms with Gasteiger partial charge in [0.05, 0.1) is 5.51 Å². The molecule has 1 aromatic heterocycles. The molecule has 1 amide bonds. The van der Waals surface area contributed by atoms with Gasteiger partial charge < -0.3 is 15.0 Å². The molecule has 1 N–H and O–H groups in total. The molecule has 0 saturated carbocycles. The van der Waals surface area contributed by atoms with Crippen molar-refractivity contribution in [1.82, 2.24) is 15.2 Å². The van der Waals surface area contributed by atoms with Crippen molar-refractivity contribution in [2.75, 3.05) is 13.1 Å². The van der Waals surface area contributed by atoms with Crippen molar-refractivity contribution >= 4 is 17.4 Å². The summed E-state index contributed by atoms with van der Waals surface area (Å²) in [6.07, 6.45) is 3.64. The molecule has 1 aliphatic rings. The number of amides is 1. The number of piperidine rings is 1. The van der Waals surface area contributed by atoms with E-state index in [1.54, 1.807) is 16.2 Å². The summed E-state index contributed by atoms with van der Waals surface area (Å²) in [4.78, 5) is 19.1. The van der Waals surface area contributed by atoms with E-state index in [1.807, 2.05) is 32.5 Å². The molecule has 0 spiro atoms. The summed E-state index contributed by atoms with van der Waals surface area (Å²) in [5, 5.41) is 3.52.